The SMILES string of the molecule is C[C@@]1(c2ccc(OC(F)F)cc2)NC(=O)N(CCOc2ccccc2Cl)C1=O. The van der Waals surface area contributed by atoms with Crippen molar-refractivity contribution in [3.63, 3.8) is 0 Å². The van der Waals surface area contributed by atoms with Crippen molar-refractivity contribution < 1.29 is 27.8 Å². The van der Waals surface area contributed by atoms with Crippen molar-refractivity contribution in [3.8, 4) is 11.5 Å². The van der Waals surface area contributed by atoms with E-state index in [1.165, 1.54) is 24.3 Å². The van der Waals surface area contributed by atoms with Crippen LogP contribution in [0.15, 0.2) is 48.5 Å². The summed E-state index contributed by atoms with van der Waals surface area (Å²) in [5, 5.41) is 3.06. The summed E-state index contributed by atoms with van der Waals surface area (Å²) in [5.41, 5.74) is -0.868. The molecule has 1 aliphatic heterocycles. The van der Waals surface area contributed by atoms with Crippen LogP contribution < -0.4 is 14.8 Å². The molecular formula is C19H17ClF2N2O4. The Balaban J connectivity index is 1.67. The number of benzene rings is 2. The summed E-state index contributed by atoms with van der Waals surface area (Å²) in [6, 6.07) is 11.8. The van der Waals surface area contributed by atoms with Gasteiger partial charge in [-0.15, -0.1) is 0 Å². The molecule has 0 aliphatic carbocycles. The van der Waals surface area contributed by atoms with E-state index in [0.717, 1.165) is 4.90 Å². The molecule has 1 fully saturated rings. The molecular weight excluding hydrogens is 394 g/mol. The van der Waals surface area contributed by atoms with Crippen molar-refractivity contribution in [1.82, 2.24) is 10.2 Å². The highest BCUT2D eigenvalue weighted by Gasteiger charge is 2.48. The van der Waals surface area contributed by atoms with E-state index in [-0.39, 0.29) is 18.9 Å². The van der Waals surface area contributed by atoms with Gasteiger partial charge in [-0.2, -0.15) is 8.78 Å². The molecule has 1 N–H and O–H groups in total. The predicted molar refractivity (Wildman–Crippen MR) is 97.6 cm³/mol. The van der Waals surface area contributed by atoms with Crippen LogP contribution in [0.1, 0.15) is 12.5 Å². The Hall–Kier alpha value is -2.87. The topological polar surface area (TPSA) is 67.9 Å². The molecule has 2 aromatic carbocycles. The summed E-state index contributed by atoms with van der Waals surface area (Å²) in [4.78, 5) is 26.1. The molecule has 2 aromatic rings. The number of carbonyl (C=O) groups excluding carboxylic acids is 2. The van der Waals surface area contributed by atoms with E-state index in [1.807, 2.05) is 0 Å². The Bertz CT molecular complexity index is 878. The minimum Gasteiger partial charge on any atom is -0.490 e. The first-order chi connectivity index (χ1) is 13.3. The summed E-state index contributed by atoms with van der Waals surface area (Å²) in [7, 11) is 0. The van der Waals surface area contributed by atoms with Crippen LogP contribution in [0.3, 0.4) is 0 Å². The number of nitrogens with zero attached hydrogens (tertiary/aromatic N) is 1. The molecule has 0 saturated carbocycles. The summed E-state index contributed by atoms with van der Waals surface area (Å²) >= 11 is 6.00. The number of amides is 3. The number of imide groups is 1. The first kappa shape index (κ1) is 19.9. The molecule has 1 heterocycles. The van der Waals surface area contributed by atoms with Crippen molar-refractivity contribution in [2.75, 3.05) is 13.2 Å². The average Bonchev–Trinajstić information content (AvgIpc) is 2.87. The van der Waals surface area contributed by atoms with Gasteiger partial charge >= 0.3 is 12.6 Å². The van der Waals surface area contributed by atoms with Crippen LogP contribution in [0.25, 0.3) is 0 Å². The summed E-state index contributed by atoms with van der Waals surface area (Å²) in [5.74, 6) is -0.0551. The predicted octanol–water partition coefficient (Wildman–Crippen LogP) is 3.79. The number of hydrogen-bond acceptors (Lipinski definition) is 4. The number of halogens is 3. The Kier molecular flexibility index (Phi) is 5.69. The van der Waals surface area contributed by atoms with Crippen molar-refractivity contribution in [2.45, 2.75) is 19.1 Å². The van der Waals surface area contributed by atoms with Crippen molar-refractivity contribution in [3.05, 3.63) is 59.1 Å². The van der Waals surface area contributed by atoms with E-state index in [0.29, 0.717) is 16.3 Å². The molecule has 1 saturated heterocycles. The first-order valence-corrected chi connectivity index (χ1v) is 8.76. The molecule has 28 heavy (non-hydrogen) atoms. The normalized spacial score (nSPS) is 19.1. The van der Waals surface area contributed by atoms with Gasteiger partial charge < -0.3 is 14.8 Å². The average molecular weight is 411 g/mol. The minimum atomic E-state index is -2.94. The number of rotatable bonds is 7. The van der Waals surface area contributed by atoms with Crippen molar-refractivity contribution >= 4 is 23.5 Å². The largest absolute Gasteiger partial charge is 0.490 e. The number of ether oxygens (including phenoxy) is 2. The number of carbonyl (C=O) groups is 2. The van der Waals surface area contributed by atoms with Crippen LogP contribution >= 0.6 is 11.6 Å². The van der Waals surface area contributed by atoms with Gasteiger partial charge in [-0.25, -0.2) is 4.79 Å². The van der Waals surface area contributed by atoms with E-state index >= 15 is 0 Å². The molecule has 0 spiro atoms. The fourth-order valence-electron chi connectivity index (χ4n) is 2.87. The zero-order valence-corrected chi connectivity index (χ0v) is 15.6. The van der Waals surface area contributed by atoms with Gasteiger partial charge in [0.2, 0.25) is 0 Å². The maximum absolute atomic E-state index is 12.8. The smallest absolute Gasteiger partial charge is 0.387 e. The molecule has 0 unspecified atom stereocenters. The zero-order valence-electron chi connectivity index (χ0n) is 14.8. The standard InChI is InChI=1S/C19H17ClF2N2O4/c1-19(12-6-8-13(9-7-12)28-17(21)22)16(25)24(18(26)23-19)10-11-27-15-5-3-2-4-14(15)20/h2-9,17H,10-11H2,1H3,(H,23,26)/t19-/m0/s1. The van der Waals surface area contributed by atoms with Crippen LogP contribution in [-0.2, 0) is 10.3 Å². The fraction of sp³-hybridized carbons (Fsp3) is 0.263. The molecule has 9 heteroatoms. The monoisotopic (exact) mass is 410 g/mol. The fourth-order valence-corrected chi connectivity index (χ4v) is 3.06. The molecule has 3 rings (SSSR count). The highest BCUT2D eigenvalue weighted by molar-refractivity contribution is 6.32. The minimum absolute atomic E-state index is 0.0259. The van der Waals surface area contributed by atoms with E-state index in [4.69, 9.17) is 16.3 Å². The number of nitrogens with one attached hydrogen (secondary N) is 1. The van der Waals surface area contributed by atoms with Crippen LogP contribution in [0, 0.1) is 0 Å². The van der Waals surface area contributed by atoms with Gasteiger partial charge in [-0.05, 0) is 36.8 Å². The van der Waals surface area contributed by atoms with Crippen LogP contribution in [0.2, 0.25) is 5.02 Å². The summed E-state index contributed by atoms with van der Waals surface area (Å²) < 4.78 is 34.4. The lowest BCUT2D eigenvalue weighted by Gasteiger charge is -2.22. The molecule has 148 valence electrons. The van der Waals surface area contributed by atoms with Gasteiger partial charge in [0, 0.05) is 0 Å². The van der Waals surface area contributed by atoms with Crippen molar-refractivity contribution in [2.24, 2.45) is 0 Å². The number of urea groups is 1. The molecule has 0 radical (unpaired) electrons. The van der Waals surface area contributed by atoms with Crippen LogP contribution in [0.4, 0.5) is 13.6 Å². The maximum atomic E-state index is 12.8. The van der Waals surface area contributed by atoms with Crippen LogP contribution in [0.5, 0.6) is 11.5 Å². The molecule has 0 bridgehead atoms. The van der Waals surface area contributed by atoms with Gasteiger partial charge in [-0.1, -0.05) is 35.9 Å². The third kappa shape index (κ3) is 4.01. The molecule has 1 atom stereocenters. The molecule has 1 aliphatic rings. The number of hydrogen-bond donors (Lipinski definition) is 1. The lowest BCUT2D eigenvalue weighted by atomic mass is 9.92. The molecule has 3 amide bonds. The Morgan fingerprint density at radius 3 is 2.46 bits per heavy atom. The molecule has 0 aromatic heterocycles. The van der Waals surface area contributed by atoms with E-state index in [9.17, 15) is 18.4 Å². The van der Waals surface area contributed by atoms with Gasteiger partial charge in [0.15, 0.2) is 0 Å². The third-order valence-electron chi connectivity index (χ3n) is 4.34. The lowest BCUT2D eigenvalue weighted by molar-refractivity contribution is -0.131. The second-order valence-electron chi connectivity index (χ2n) is 6.19. The highest BCUT2D eigenvalue weighted by Crippen LogP contribution is 2.30. The van der Waals surface area contributed by atoms with E-state index in [2.05, 4.69) is 10.1 Å². The Labute approximate surface area is 165 Å². The van der Waals surface area contributed by atoms with E-state index in [1.54, 1.807) is 31.2 Å². The van der Waals surface area contributed by atoms with Gasteiger partial charge in [0.05, 0.1) is 11.6 Å². The second kappa shape index (κ2) is 8.02. The quantitative estimate of drug-likeness (QED) is 0.705. The highest BCUT2D eigenvalue weighted by atomic mass is 35.5. The number of para-hydroxylation sites is 1. The Morgan fingerprint density at radius 1 is 1.14 bits per heavy atom. The van der Waals surface area contributed by atoms with E-state index < -0.39 is 24.1 Å². The Morgan fingerprint density at radius 2 is 1.82 bits per heavy atom. The number of alkyl halides is 2. The van der Waals surface area contributed by atoms with Gasteiger partial charge in [0.25, 0.3) is 5.91 Å². The van der Waals surface area contributed by atoms with Crippen LogP contribution in [-0.4, -0.2) is 36.6 Å². The van der Waals surface area contributed by atoms with Crippen molar-refractivity contribution in [1.29, 1.82) is 0 Å². The zero-order chi connectivity index (χ0) is 20.3. The third-order valence-corrected chi connectivity index (χ3v) is 4.65. The van der Waals surface area contributed by atoms with Gasteiger partial charge in [0.1, 0.15) is 23.6 Å². The summed E-state index contributed by atoms with van der Waals surface area (Å²) in [6.45, 7) is -1.30. The van der Waals surface area contributed by atoms with Gasteiger partial charge in [-0.3, -0.25) is 9.69 Å². The summed E-state index contributed by atoms with van der Waals surface area (Å²) in [6.07, 6.45) is 0. The second-order valence-corrected chi connectivity index (χ2v) is 6.60. The molecule has 6 nitrogen and oxygen atoms in total. The first-order valence-electron chi connectivity index (χ1n) is 8.38. The maximum Gasteiger partial charge on any atom is 0.387 e. The lowest BCUT2D eigenvalue weighted by Crippen LogP contribution is -2.41.